The standard InChI is InChI=1S/C12H16Cl2N2S/c1-8(2)6-16-12(15)17-7-9-10(13)4-3-5-11(9)14/h3-5,8H,6-7H2,1-2H3,(H2,15,16). The fraction of sp³-hybridized carbons (Fsp3) is 0.417. The zero-order valence-electron chi connectivity index (χ0n) is 9.91. The van der Waals surface area contributed by atoms with Crippen LogP contribution < -0.4 is 5.73 Å². The molecule has 0 heterocycles. The number of amidine groups is 1. The van der Waals surface area contributed by atoms with Gasteiger partial charge in [-0.25, -0.2) is 0 Å². The first-order valence-electron chi connectivity index (χ1n) is 5.36. The second-order valence-corrected chi connectivity index (χ2v) is 5.87. The Morgan fingerprint density at radius 1 is 1.35 bits per heavy atom. The van der Waals surface area contributed by atoms with Gasteiger partial charge in [0, 0.05) is 22.3 Å². The van der Waals surface area contributed by atoms with Gasteiger partial charge >= 0.3 is 0 Å². The van der Waals surface area contributed by atoms with E-state index >= 15 is 0 Å². The Bertz CT molecular complexity index is 385. The third-order valence-electron chi connectivity index (χ3n) is 2.04. The van der Waals surface area contributed by atoms with Crippen LogP contribution in [0.15, 0.2) is 23.2 Å². The highest BCUT2D eigenvalue weighted by molar-refractivity contribution is 8.13. The molecule has 0 fully saturated rings. The van der Waals surface area contributed by atoms with E-state index in [2.05, 4.69) is 18.8 Å². The zero-order valence-corrected chi connectivity index (χ0v) is 12.2. The van der Waals surface area contributed by atoms with E-state index in [1.807, 2.05) is 18.2 Å². The Morgan fingerprint density at radius 3 is 2.47 bits per heavy atom. The fourth-order valence-electron chi connectivity index (χ4n) is 1.13. The molecule has 0 bridgehead atoms. The van der Waals surface area contributed by atoms with Gasteiger partial charge in [0.15, 0.2) is 5.17 Å². The molecule has 1 rings (SSSR count). The van der Waals surface area contributed by atoms with Gasteiger partial charge < -0.3 is 5.73 Å². The van der Waals surface area contributed by atoms with Crippen molar-refractivity contribution in [1.82, 2.24) is 0 Å². The normalized spacial score (nSPS) is 12.2. The van der Waals surface area contributed by atoms with Crippen LogP contribution in [-0.4, -0.2) is 11.7 Å². The van der Waals surface area contributed by atoms with Gasteiger partial charge in [-0.3, -0.25) is 4.99 Å². The molecule has 1 aromatic rings. The Balaban J connectivity index is 2.58. The van der Waals surface area contributed by atoms with E-state index in [0.29, 0.717) is 26.9 Å². The highest BCUT2D eigenvalue weighted by atomic mass is 35.5. The fourth-order valence-corrected chi connectivity index (χ4v) is 2.59. The smallest absolute Gasteiger partial charge is 0.154 e. The minimum absolute atomic E-state index is 0.512. The summed E-state index contributed by atoms with van der Waals surface area (Å²) >= 11 is 13.6. The van der Waals surface area contributed by atoms with E-state index < -0.39 is 0 Å². The van der Waals surface area contributed by atoms with Crippen molar-refractivity contribution in [3.8, 4) is 0 Å². The minimum Gasteiger partial charge on any atom is -0.379 e. The maximum Gasteiger partial charge on any atom is 0.154 e. The Hall–Kier alpha value is -0.380. The van der Waals surface area contributed by atoms with Crippen LogP contribution >= 0.6 is 35.0 Å². The van der Waals surface area contributed by atoms with Crippen molar-refractivity contribution in [3.63, 3.8) is 0 Å². The summed E-state index contributed by atoms with van der Waals surface area (Å²) in [5.74, 6) is 1.16. The molecule has 1 aromatic carbocycles. The predicted octanol–water partition coefficient (Wildman–Crippen LogP) is 4.20. The number of hydrogen-bond donors (Lipinski definition) is 1. The van der Waals surface area contributed by atoms with Crippen molar-refractivity contribution in [3.05, 3.63) is 33.8 Å². The van der Waals surface area contributed by atoms with E-state index in [9.17, 15) is 0 Å². The summed E-state index contributed by atoms with van der Waals surface area (Å²) in [5, 5.41) is 1.91. The highest BCUT2D eigenvalue weighted by Crippen LogP contribution is 2.28. The quantitative estimate of drug-likeness (QED) is 0.667. The van der Waals surface area contributed by atoms with E-state index in [1.165, 1.54) is 11.8 Å². The first-order valence-corrected chi connectivity index (χ1v) is 7.10. The van der Waals surface area contributed by atoms with Gasteiger partial charge in [-0.05, 0) is 23.6 Å². The van der Waals surface area contributed by atoms with Crippen LogP contribution in [0, 0.1) is 5.92 Å². The summed E-state index contributed by atoms with van der Waals surface area (Å²) in [7, 11) is 0. The van der Waals surface area contributed by atoms with Crippen molar-refractivity contribution in [2.45, 2.75) is 19.6 Å². The number of hydrogen-bond acceptors (Lipinski definition) is 2. The number of nitrogens with two attached hydrogens (primary N) is 1. The molecule has 2 N–H and O–H groups in total. The lowest BCUT2D eigenvalue weighted by Crippen LogP contribution is -2.09. The summed E-state index contributed by atoms with van der Waals surface area (Å²) in [6.07, 6.45) is 0. The molecule has 0 saturated carbocycles. The molecule has 17 heavy (non-hydrogen) atoms. The summed E-state index contributed by atoms with van der Waals surface area (Å²) in [5.41, 5.74) is 6.70. The van der Waals surface area contributed by atoms with Crippen LogP contribution in [-0.2, 0) is 5.75 Å². The monoisotopic (exact) mass is 290 g/mol. The van der Waals surface area contributed by atoms with Gasteiger partial charge in [-0.1, -0.05) is 54.9 Å². The summed E-state index contributed by atoms with van der Waals surface area (Å²) < 4.78 is 0. The zero-order chi connectivity index (χ0) is 12.8. The van der Waals surface area contributed by atoms with E-state index in [0.717, 1.165) is 12.1 Å². The molecule has 0 radical (unpaired) electrons. The van der Waals surface area contributed by atoms with Crippen LogP contribution in [0.3, 0.4) is 0 Å². The first-order chi connectivity index (χ1) is 8.00. The van der Waals surface area contributed by atoms with Crippen LogP contribution in [0.2, 0.25) is 10.0 Å². The van der Waals surface area contributed by atoms with Crippen molar-refractivity contribution in [2.24, 2.45) is 16.6 Å². The van der Waals surface area contributed by atoms with Gasteiger partial charge in [0.05, 0.1) is 0 Å². The first kappa shape index (κ1) is 14.7. The van der Waals surface area contributed by atoms with Gasteiger partial charge in [0.1, 0.15) is 0 Å². The molecule has 94 valence electrons. The molecule has 0 aromatic heterocycles. The second-order valence-electron chi connectivity index (χ2n) is 4.06. The topological polar surface area (TPSA) is 38.4 Å². The largest absolute Gasteiger partial charge is 0.379 e. The summed E-state index contributed by atoms with van der Waals surface area (Å²) in [6, 6.07) is 5.48. The lowest BCUT2D eigenvalue weighted by Gasteiger charge is -2.06. The number of nitrogens with zero attached hydrogens (tertiary/aromatic N) is 1. The molecule has 0 amide bonds. The molecule has 0 saturated heterocycles. The Labute approximate surface area is 117 Å². The van der Waals surface area contributed by atoms with E-state index in [-0.39, 0.29) is 0 Å². The highest BCUT2D eigenvalue weighted by Gasteiger charge is 2.06. The Morgan fingerprint density at radius 2 is 1.94 bits per heavy atom. The number of aliphatic imine (C=N–C) groups is 1. The second kappa shape index (κ2) is 7.14. The third kappa shape index (κ3) is 5.19. The van der Waals surface area contributed by atoms with Gasteiger partial charge in [0.2, 0.25) is 0 Å². The lowest BCUT2D eigenvalue weighted by molar-refractivity contribution is 0.666. The molecule has 0 spiro atoms. The maximum absolute atomic E-state index is 6.06. The van der Waals surface area contributed by atoms with Crippen molar-refractivity contribution < 1.29 is 0 Å². The molecule has 0 aliphatic heterocycles. The van der Waals surface area contributed by atoms with Gasteiger partial charge in [-0.2, -0.15) is 0 Å². The Kier molecular flexibility index (Phi) is 6.17. The van der Waals surface area contributed by atoms with Crippen molar-refractivity contribution in [2.75, 3.05) is 6.54 Å². The minimum atomic E-state index is 0.512. The molecule has 0 atom stereocenters. The van der Waals surface area contributed by atoms with Gasteiger partial charge in [0.25, 0.3) is 0 Å². The molecular formula is C12H16Cl2N2S. The van der Waals surface area contributed by atoms with Crippen LogP contribution in [0.5, 0.6) is 0 Å². The SMILES string of the molecule is CC(C)CN=C(N)SCc1c(Cl)cccc1Cl. The number of benzene rings is 1. The third-order valence-corrected chi connectivity index (χ3v) is 3.60. The van der Waals surface area contributed by atoms with E-state index in [1.54, 1.807) is 0 Å². The van der Waals surface area contributed by atoms with Crippen LogP contribution in [0.25, 0.3) is 0 Å². The molecule has 0 unspecified atom stereocenters. The van der Waals surface area contributed by atoms with E-state index in [4.69, 9.17) is 28.9 Å². The van der Waals surface area contributed by atoms with Crippen LogP contribution in [0.1, 0.15) is 19.4 Å². The number of rotatable bonds is 4. The molecule has 0 aliphatic rings. The molecule has 0 aliphatic carbocycles. The number of halogens is 2. The molecular weight excluding hydrogens is 275 g/mol. The molecule has 5 heteroatoms. The summed E-state index contributed by atoms with van der Waals surface area (Å²) in [6.45, 7) is 4.95. The average molecular weight is 291 g/mol. The van der Waals surface area contributed by atoms with Gasteiger partial charge in [-0.15, -0.1) is 0 Å². The van der Waals surface area contributed by atoms with Crippen molar-refractivity contribution in [1.29, 1.82) is 0 Å². The van der Waals surface area contributed by atoms with Crippen molar-refractivity contribution >= 4 is 40.1 Å². The summed E-state index contributed by atoms with van der Waals surface area (Å²) in [4.78, 5) is 4.27. The lowest BCUT2D eigenvalue weighted by atomic mass is 10.2. The maximum atomic E-state index is 6.06. The molecule has 2 nitrogen and oxygen atoms in total. The van der Waals surface area contributed by atoms with Crippen LogP contribution in [0.4, 0.5) is 0 Å². The number of thioether (sulfide) groups is 1. The predicted molar refractivity (Wildman–Crippen MR) is 79.1 cm³/mol. The average Bonchev–Trinajstić information content (AvgIpc) is 2.25.